The Kier molecular flexibility index (Phi) is 5.38. The summed E-state index contributed by atoms with van der Waals surface area (Å²) in [5.41, 5.74) is 1.07. The van der Waals surface area contributed by atoms with E-state index in [1.54, 1.807) is 36.4 Å². The van der Waals surface area contributed by atoms with Crippen LogP contribution in [0, 0.1) is 0 Å². The number of hydrogen-bond donors (Lipinski definition) is 1. The highest BCUT2D eigenvalue weighted by Crippen LogP contribution is 2.10. The predicted molar refractivity (Wildman–Crippen MR) is 70.4 cm³/mol. The molecule has 0 saturated heterocycles. The predicted octanol–water partition coefficient (Wildman–Crippen LogP) is 2.54. The molecule has 0 atom stereocenters. The van der Waals surface area contributed by atoms with E-state index in [2.05, 4.69) is 10.1 Å². The number of methoxy groups -OCH3 is 1. The average molecular weight is 245 g/mol. The second kappa shape index (κ2) is 7.06. The molecule has 94 valence electrons. The Morgan fingerprint density at radius 3 is 2.39 bits per heavy atom. The molecule has 0 aliphatic rings. The van der Waals surface area contributed by atoms with Crippen molar-refractivity contribution in [2.75, 3.05) is 12.4 Å². The van der Waals surface area contributed by atoms with Crippen LogP contribution >= 0.6 is 0 Å². The van der Waals surface area contributed by atoms with Crippen LogP contribution in [0.15, 0.2) is 48.6 Å². The maximum Gasteiger partial charge on any atom is 0.337 e. The Hall–Kier alpha value is -2.36. The lowest BCUT2D eigenvalue weighted by molar-refractivity contribution is -0.111. The van der Waals surface area contributed by atoms with E-state index in [1.807, 2.05) is 13.0 Å². The third kappa shape index (κ3) is 4.25. The summed E-state index contributed by atoms with van der Waals surface area (Å²) >= 11 is 0. The summed E-state index contributed by atoms with van der Waals surface area (Å²) in [5, 5.41) is 2.67. The molecule has 0 aliphatic heterocycles. The number of esters is 1. The normalized spacial score (nSPS) is 10.8. The Morgan fingerprint density at radius 2 is 1.83 bits per heavy atom. The average Bonchev–Trinajstić information content (AvgIpc) is 2.39. The van der Waals surface area contributed by atoms with Crippen molar-refractivity contribution in [2.24, 2.45) is 0 Å². The minimum Gasteiger partial charge on any atom is -0.465 e. The van der Waals surface area contributed by atoms with Gasteiger partial charge in [0.15, 0.2) is 0 Å². The van der Waals surface area contributed by atoms with Gasteiger partial charge in [0.2, 0.25) is 5.91 Å². The molecule has 0 saturated carbocycles. The lowest BCUT2D eigenvalue weighted by Gasteiger charge is -2.03. The SMILES string of the molecule is C/C=C/C=C/C(=O)Nc1ccc(C(=O)OC)cc1. The number of ether oxygens (including phenoxy) is 1. The third-order valence-electron chi connectivity index (χ3n) is 2.12. The zero-order valence-electron chi connectivity index (χ0n) is 10.3. The van der Waals surface area contributed by atoms with Crippen LogP contribution in [0.2, 0.25) is 0 Å². The van der Waals surface area contributed by atoms with Gasteiger partial charge in [-0.25, -0.2) is 4.79 Å². The summed E-state index contributed by atoms with van der Waals surface area (Å²) in [6, 6.07) is 6.48. The topological polar surface area (TPSA) is 55.4 Å². The van der Waals surface area contributed by atoms with Crippen LogP contribution in [0.5, 0.6) is 0 Å². The van der Waals surface area contributed by atoms with E-state index in [1.165, 1.54) is 13.2 Å². The highest BCUT2D eigenvalue weighted by Gasteiger charge is 2.04. The van der Waals surface area contributed by atoms with Crippen molar-refractivity contribution >= 4 is 17.6 Å². The molecular formula is C14H15NO3. The smallest absolute Gasteiger partial charge is 0.337 e. The standard InChI is InChI=1S/C14H15NO3/c1-3-4-5-6-13(16)15-12-9-7-11(8-10-12)14(17)18-2/h3-10H,1-2H3,(H,15,16)/b4-3+,6-5+. The molecule has 0 radical (unpaired) electrons. The quantitative estimate of drug-likeness (QED) is 0.504. The number of hydrogen-bond acceptors (Lipinski definition) is 3. The van der Waals surface area contributed by atoms with Gasteiger partial charge in [0.1, 0.15) is 0 Å². The first-order valence-electron chi connectivity index (χ1n) is 5.46. The molecule has 4 nitrogen and oxygen atoms in total. The summed E-state index contributed by atoms with van der Waals surface area (Å²) in [6.07, 6.45) is 6.67. The zero-order valence-corrected chi connectivity index (χ0v) is 10.3. The first-order valence-corrected chi connectivity index (χ1v) is 5.46. The molecule has 1 amide bonds. The summed E-state index contributed by atoms with van der Waals surface area (Å²) in [4.78, 5) is 22.6. The summed E-state index contributed by atoms with van der Waals surface area (Å²) in [6.45, 7) is 1.87. The van der Waals surface area contributed by atoms with Crippen LogP contribution in [0.4, 0.5) is 5.69 Å². The van der Waals surface area contributed by atoms with E-state index >= 15 is 0 Å². The van der Waals surface area contributed by atoms with E-state index < -0.39 is 5.97 Å². The Bertz CT molecular complexity index is 472. The van der Waals surface area contributed by atoms with Crippen LogP contribution in [0.25, 0.3) is 0 Å². The van der Waals surface area contributed by atoms with Gasteiger partial charge < -0.3 is 10.1 Å². The van der Waals surface area contributed by atoms with Crippen molar-refractivity contribution < 1.29 is 14.3 Å². The zero-order chi connectivity index (χ0) is 13.4. The Labute approximate surface area is 106 Å². The van der Waals surface area contributed by atoms with Gasteiger partial charge in [-0.15, -0.1) is 0 Å². The molecule has 0 bridgehead atoms. The van der Waals surface area contributed by atoms with Crippen molar-refractivity contribution in [1.82, 2.24) is 0 Å². The van der Waals surface area contributed by atoms with Gasteiger partial charge in [0.25, 0.3) is 0 Å². The Morgan fingerprint density at radius 1 is 1.17 bits per heavy atom. The first-order chi connectivity index (χ1) is 8.67. The van der Waals surface area contributed by atoms with Crippen LogP contribution in [-0.2, 0) is 9.53 Å². The number of anilines is 1. The molecule has 1 aromatic carbocycles. The largest absolute Gasteiger partial charge is 0.465 e. The van der Waals surface area contributed by atoms with Gasteiger partial charge in [-0.05, 0) is 31.2 Å². The van der Waals surface area contributed by atoms with Crippen LogP contribution in [-0.4, -0.2) is 19.0 Å². The molecule has 0 unspecified atom stereocenters. The lowest BCUT2D eigenvalue weighted by Crippen LogP contribution is -2.08. The van der Waals surface area contributed by atoms with E-state index in [0.717, 1.165) is 0 Å². The maximum absolute atomic E-state index is 11.4. The van der Waals surface area contributed by atoms with E-state index in [9.17, 15) is 9.59 Å². The summed E-state index contributed by atoms with van der Waals surface area (Å²) in [7, 11) is 1.32. The number of rotatable bonds is 4. The fourth-order valence-electron chi connectivity index (χ4n) is 1.25. The number of amides is 1. The lowest BCUT2D eigenvalue weighted by atomic mass is 10.2. The monoisotopic (exact) mass is 245 g/mol. The van der Waals surface area contributed by atoms with Gasteiger partial charge in [0, 0.05) is 11.8 Å². The molecule has 0 aliphatic carbocycles. The van der Waals surface area contributed by atoms with Crippen molar-refractivity contribution in [1.29, 1.82) is 0 Å². The van der Waals surface area contributed by atoms with Crippen LogP contribution in [0.1, 0.15) is 17.3 Å². The highest BCUT2D eigenvalue weighted by molar-refractivity contribution is 5.99. The van der Waals surface area contributed by atoms with Gasteiger partial charge in [-0.2, -0.15) is 0 Å². The number of allylic oxidation sites excluding steroid dienone is 3. The van der Waals surface area contributed by atoms with Gasteiger partial charge >= 0.3 is 5.97 Å². The van der Waals surface area contributed by atoms with Crippen LogP contribution in [0.3, 0.4) is 0 Å². The van der Waals surface area contributed by atoms with Gasteiger partial charge in [-0.1, -0.05) is 18.2 Å². The number of benzene rings is 1. The van der Waals surface area contributed by atoms with Crippen molar-refractivity contribution in [3.05, 3.63) is 54.1 Å². The molecule has 0 heterocycles. The minimum atomic E-state index is -0.402. The van der Waals surface area contributed by atoms with E-state index in [-0.39, 0.29) is 5.91 Å². The fraction of sp³-hybridized carbons (Fsp3) is 0.143. The molecule has 0 fully saturated rings. The fourth-order valence-corrected chi connectivity index (χ4v) is 1.25. The number of nitrogens with one attached hydrogen (secondary N) is 1. The van der Waals surface area contributed by atoms with Gasteiger partial charge in [-0.3, -0.25) is 4.79 Å². The van der Waals surface area contributed by atoms with Gasteiger partial charge in [0.05, 0.1) is 12.7 Å². The van der Waals surface area contributed by atoms with Crippen molar-refractivity contribution in [2.45, 2.75) is 6.92 Å². The molecule has 0 spiro atoms. The maximum atomic E-state index is 11.4. The second-order valence-corrected chi connectivity index (χ2v) is 3.44. The summed E-state index contributed by atoms with van der Waals surface area (Å²) < 4.78 is 4.58. The molecule has 1 N–H and O–H groups in total. The van der Waals surface area contributed by atoms with E-state index in [4.69, 9.17) is 0 Å². The first kappa shape index (κ1) is 13.7. The van der Waals surface area contributed by atoms with Crippen molar-refractivity contribution in [3.8, 4) is 0 Å². The number of carbonyl (C=O) groups excluding carboxylic acids is 2. The number of carbonyl (C=O) groups is 2. The molecule has 18 heavy (non-hydrogen) atoms. The van der Waals surface area contributed by atoms with Crippen LogP contribution < -0.4 is 5.32 Å². The molecule has 4 heteroatoms. The molecular weight excluding hydrogens is 230 g/mol. The third-order valence-corrected chi connectivity index (χ3v) is 2.12. The van der Waals surface area contributed by atoms with E-state index in [0.29, 0.717) is 11.3 Å². The minimum absolute atomic E-state index is 0.223. The second-order valence-electron chi connectivity index (χ2n) is 3.44. The highest BCUT2D eigenvalue weighted by atomic mass is 16.5. The molecule has 0 aromatic heterocycles. The van der Waals surface area contributed by atoms with Crippen molar-refractivity contribution in [3.63, 3.8) is 0 Å². The Balaban J connectivity index is 2.64. The summed E-state index contributed by atoms with van der Waals surface area (Å²) in [5.74, 6) is -0.625. The molecule has 1 aromatic rings. The molecule has 1 rings (SSSR count).